The van der Waals surface area contributed by atoms with Gasteiger partial charge in [0.25, 0.3) is 0 Å². The number of carbonyl (C=O) groups excluding carboxylic acids is 1. The number of hydrogen-bond acceptors (Lipinski definition) is 10. The van der Waals surface area contributed by atoms with Crippen molar-refractivity contribution in [2.24, 2.45) is 0 Å². The van der Waals surface area contributed by atoms with Gasteiger partial charge in [-0.15, -0.1) is 0 Å². The Morgan fingerprint density at radius 1 is 1.20 bits per heavy atom. The van der Waals surface area contributed by atoms with Crippen molar-refractivity contribution in [2.75, 3.05) is 27.6 Å². The monoisotopic (exact) mass is 422 g/mol. The molecule has 2 heterocycles. The number of aliphatic hydroxyl groups excluding tert-OH is 1. The van der Waals surface area contributed by atoms with Crippen LogP contribution >= 0.6 is 0 Å². The Hall–Kier alpha value is -3.40. The number of rotatable bonds is 8. The van der Waals surface area contributed by atoms with E-state index in [1.54, 1.807) is 13.0 Å². The number of methoxy groups -OCH3 is 2. The summed E-state index contributed by atoms with van der Waals surface area (Å²) in [6, 6.07) is 2.51. The summed E-state index contributed by atoms with van der Waals surface area (Å²) in [5.74, 6) is -1.52. The molecule has 2 aromatic rings. The van der Waals surface area contributed by atoms with Gasteiger partial charge in [-0.05, 0) is 13.0 Å². The van der Waals surface area contributed by atoms with Gasteiger partial charge in [0.2, 0.25) is 29.5 Å². The van der Waals surface area contributed by atoms with Gasteiger partial charge in [0.05, 0.1) is 33.2 Å². The molecule has 0 fully saturated rings. The van der Waals surface area contributed by atoms with Crippen LogP contribution < -0.4 is 24.4 Å². The number of ether oxygens (including phenoxy) is 5. The summed E-state index contributed by atoms with van der Waals surface area (Å²) in [6.07, 6.45) is -0.293. The van der Waals surface area contributed by atoms with E-state index in [0.29, 0.717) is 17.1 Å². The number of esters is 1. The van der Waals surface area contributed by atoms with Crippen LogP contribution in [0.4, 0.5) is 0 Å². The van der Waals surface area contributed by atoms with Crippen molar-refractivity contribution in [3.63, 3.8) is 0 Å². The number of aromatic hydroxyl groups is 1. The van der Waals surface area contributed by atoms with E-state index in [1.807, 2.05) is 0 Å². The summed E-state index contributed by atoms with van der Waals surface area (Å²) in [7, 11) is 2.83. The lowest BCUT2D eigenvalue weighted by molar-refractivity contribution is -0.143. The quantitative estimate of drug-likeness (QED) is 0.605. The third-order valence-corrected chi connectivity index (χ3v) is 4.54. The van der Waals surface area contributed by atoms with Crippen LogP contribution in [0.15, 0.2) is 21.3 Å². The zero-order chi connectivity index (χ0) is 21.8. The first kappa shape index (κ1) is 21.3. The molecule has 3 rings (SSSR count). The third-order valence-electron chi connectivity index (χ3n) is 4.54. The Bertz CT molecular complexity index is 994. The molecule has 0 amide bonds. The van der Waals surface area contributed by atoms with Crippen molar-refractivity contribution in [3.8, 4) is 28.7 Å². The van der Waals surface area contributed by atoms with E-state index >= 15 is 0 Å². The van der Waals surface area contributed by atoms with Crippen molar-refractivity contribution >= 4 is 5.97 Å². The first-order valence-electron chi connectivity index (χ1n) is 9.11. The smallest absolute Gasteiger partial charge is 0.306 e. The highest BCUT2D eigenvalue weighted by atomic mass is 16.7. The summed E-state index contributed by atoms with van der Waals surface area (Å²) in [5.41, 5.74) is -0.430. The molecule has 0 radical (unpaired) electrons. The van der Waals surface area contributed by atoms with Gasteiger partial charge in [-0.3, -0.25) is 9.59 Å². The van der Waals surface area contributed by atoms with E-state index in [2.05, 4.69) is 0 Å². The van der Waals surface area contributed by atoms with Crippen molar-refractivity contribution < 1.29 is 43.1 Å². The Morgan fingerprint density at radius 3 is 2.57 bits per heavy atom. The second kappa shape index (κ2) is 8.95. The van der Waals surface area contributed by atoms with Gasteiger partial charge >= 0.3 is 5.97 Å². The third kappa shape index (κ3) is 3.86. The van der Waals surface area contributed by atoms with Gasteiger partial charge < -0.3 is 38.3 Å². The van der Waals surface area contributed by atoms with Crippen LogP contribution in [0.25, 0.3) is 0 Å². The van der Waals surface area contributed by atoms with Crippen LogP contribution in [-0.2, 0) is 16.1 Å². The number of hydrogen-bond donors (Lipinski definition) is 2. The first-order valence-corrected chi connectivity index (χ1v) is 9.11. The molecule has 0 spiro atoms. The molecule has 2 N–H and O–H groups in total. The molecule has 162 valence electrons. The van der Waals surface area contributed by atoms with Gasteiger partial charge in [-0.1, -0.05) is 0 Å². The maximum Gasteiger partial charge on any atom is 0.306 e. The molecule has 0 saturated heterocycles. The predicted molar refractivity (Wildman–Crippen MR) is 101 cm³/mol. The SMILES string of the molecule is CCOC(=O)CC(c1cc(OC)c2c(c1OC)OCO2)c1oc(CO)cc(=O)c1O. The molecule has 1 aliphatic rings. The normalized spacial score (nSPS) is 13.1. The molecule has 30 heavy (non-hydrogen) atoms. The lowest BCUT2D eigenvalue weighted by Crippen LogP contribution is -2.16. The summed E-state index contributed by atoms with van der Waals surface area (Å²) in [5, 5.41) is 19.8. The van der Waals surface area contributed by atoms with Crippen LogP contribution in [0.1, 0.15) is 36.3 Å². The van der Waals surface area contributed by atoms with E-state index in [1.165, 1.54) is 14.2 Å². The maximum absolute atomic E-state index is 12.3. The van der Waals surface area contributed by atoms with Crippen LogP contribution in [0.2, 0.25) is 0 Å². The summed E-state index contributed by atoms with van der Waals surface area (Å²) in [6.45, 7) is 1.16. The molecule has 10 heteroatoms. The highest BCUT2D eigenvalue weighted by Gasteiger charge is 2.35. The molecule has 0 aliphatic carbocycles. The number of aliphatic hydroxyl groups is 1. The van der Waals surface area contributed by atoms with Gasteiger partial charge in [0, 0.05) is 11.6 Å². The molecule has 1 aliphatic heterocycles. The van der Waals surface area contributed by atoms with Crippen LogP contribution in [0.5, 0.6) is 28.7 Å². The van der Waals surface area contributed by atoms with E-state index in [0.717, 1.165) is 6.07 Å². The zero-order valence-electron chi connectivity index (χ0n) is 16.7. The molecule has 0 saturated carbocycles. The summed E-state index contributed by atoms with van der Waals surface area (Å²) >= 11 is 0. The van der Waals surface area contributed by atoms with Crippen LogP contribution in [0.3, 0.4) is 0 Å². The molecule has 1 unspecified atom stereocenters. The molecule has 1 aromatic carbocycles. The minimum atomic E-state index is -1.01. The van der Waals surface area contributed by atoms with Gasteiger partial charge in [-0.25, -0.2) is 0 Å². The van der Waals surface area contributed by atoms with E-state index in [-0.39, 0.29) is 42.8 Å². The summed E-state index contributed by atoms with van der Waals surface area (Å²) in [4.78, 5) is 24.5. The number of carbonyl (C=O) groups is 1. The number of fused-ring (bicyclic) bond motifs is 1. The highest BCUT2D eigenvalue weighted by Crippen LogP contribution is 2.53. The second-order valence-corrected chi connectivity index (χ2v) is 6.28. The van der Waals surface area contributed by atoms with Crippen LogP contribution in [0, 0.1) is 0 Å². The van der Waals surface area contributed by atoms with Crippen molar-refractivity contribution in [2.45, 2.75) is 25.9 Å². The first-order chi connectivity index (χ1) is 14.4. The number of benzene rings is 1. The highest BCUT2D eigenvalue weighted by molar-refractivity contribution is 5.73. The Labute approximate surface area is 171 Å². The Kier molecular flexibility index (Phi) is 6.36. The standard InChI is InChI=1S/C20H22O10/c1-4-27-15(23)7-12(17-16(24)13(22)5-10(8-21)30-17)11-6-14(25-2)19-20(18(11)26-3)29-9-28-19/h5-6,12,21,24H,4,7-9H2,1-3H3. The van der Waals surface area contributed by atoms with Crippen molar-refractivity contribution in [3.05, 3.63) is 39.4 Å². The minimum absolute atomic E-state index is 0.0611. The van der Waals surface area contributed by atoms with Crippen molar-refractivity contribution in [1.29, 1.82) is 0 Å². The fraction of sp³-hybridized carbons (Fsp3) is 0.400. The van der Waals surface area contributed by atoms with Gasteiger partial charge in [0.15, 0.2) is 17.3 Å². The fourth-order valence-corrected chi connectivity index (χ4v) is 3.25. The maximum atomic E-state index is 12.3. The van der Waals surface area contributed by atoms with E-state index in [9.17, 15) is 19.8 Å². The average Bonchev–Trinajstić information content (AvgIpc) is 3.23. The van der Waals surface area contributed by atoms with E-state index < -0.39 is 29.7 Å². The lowest BCUT2D eigenvalue weighted by atomic mass is 9.90. The fourth-order valence-electron chi connectivity index (χ4n) is 3.25. The molecule has 10 nitrogen and oxygen atoms in total. The zero-order valence-corrected chi connectivity index (χ0v) is 16.7. The molecule has 1 aromatic heterocycles. The largest absolute Gasteiger partial charge is 0.502 e. The van der Waals surface area contributed by atoms with Crippen LogP contribution in [-0.4, -0.2) is 43.8 Å². The second-order valence-electron chi connectivity index (χ2n) is 6.28. The predicted octanol–water partition coefficient (Wildman–Crippen LogP) is 1.67. The van der Waals surface area contributed by atoms with Gasteiger partial charge in [-0.2, -0.15) is 0 Å². The Morgan fingerprint density at radius 2 is 1.93 bits per heavy atom. The van der Waals surface area contributed by atoms with Gasteiger partial charge in [0.1, 0.15) is 12.4 Å². The topological polar surface area (TPSA) is 134 Å². The Balaban J connectivity index is 2.26. The molecule has 1 atom stereocenters. The molecule has 0 bridgehead atoms. The lowest BCUT2D eigenvalue weighted by Gasteiger charge is -2.21. The molecular weight excluding hydrogens is 400 g/mol. The van der Waals surface area contributed by atoms with Crippen molar-refractivity contribution in [1.82, 2.24) is 0 Å². The molecular formula is C20H22O10. The van der Waals surface area contributed by atoms with E-state index in [4.69, 9.17) is 28.1 Å². The minimum Gasteiger partial charge on any atom is -0.502 e. The average molecular weight is 422 g/mol. The summed E-state index contributed by atoms with van der Waals surface area (Å²) < 4.78 is 32.4.